The van der Waals surface area contributed by atoms with Crippen molar-refractivity contribution in [2.45, 2.75) is 96.3 Å². The number of nitrogens with two attached hydrogens (primary N) is 2. The largest absolute Gasteiger partial charge is 0.480 e. The van der Waals surface area contributed by atoms with E-state index in [1.54, 1.807) is 0 Å². The molecule has 0 heterocycles. The van der Waals surface area contributed by atoms with Gasteiger partial charge in [0.1, 0.15) is 17.6 Å². The van der Waals surface area contributed by atoms with Gasteiger partial charge in [-0.05, 0) is 57.9 Å². The number of unbranched alkanes of at least 4 members (excludes halogenated alkanes) is 1. The monoisotopic (exact) mass is 483 g/mol. The van der Waals surface area contributed by atoms with Gasteiger partial charge < -0.3 is 32.5 Å². The van der Waals surface area contributed by atoms with E-state index in [4.69, 9.17) is 11.5 Å². The van der Waals surface area contributed by atoms with E-state index in [2.05, 4.69) is 16.0 Å². The normalized spacial score (nSPS) is 22.5. The Morgan fingerprint density at radius 1 is 1.00 bits per heavy atom. The number of hydrogen-bond donors (Lipinski definition) is 6. The van der Waals surface area contributed by atoms with Gasteiger partial charge in [-0.2, -0.15) is 0 Å². The molecule has 0 bridgehead atoms. The summed E-state index contributed by atoms with van der Waals surface area (Å²) in [7, 11) is 0. The first-order valence-electron chi connectivity index (χ1n) is 12.0. The van der Waals surface area contributed by atoms with Gasteiger partial charge in [0.05, 0.1) is 6.04 Å². The first kappa shape index (κ1) is 29.5. The van der Waals surface area contributed by atoms with Crippen LogP contribution >= 0.6 is 0 Å². The van der Waals surface area contributed by atoms with Gasteiger partial charge in [-0.25, -0.2) is 0 Å². The summed E-state index contributed by atoms with van der Waals surface area (Å²) in [5, 5.41) is 17.4. The summed E-state index contributed by atoms with van der Waals surface area (Å²) in [6, 6.07) is -2.72. The topological polar surface area (TPSA) is 194 Å². The first-order chi connectivity index (χ1) is 15.8. The van der Waals surface area contributed by atoms with Crippen LogP contribution in [0.1, 0.15) is 72.6 Å². The van der Waals surface area contributed by atoms with Crippen LogP contribution in [0.15, 0.2) is 0 Å². The Morgan fingerprint density at radius 2 is 1.62 bits per heavy atom. The molecule has 1 fully saturated rings. The molecule has 1 aliphatic carbocycles. The van der Waals surface area contributed by atoms with Crippen molar-refractivity contribution in [3.63, 3.8) is 0 Å². The molecule has 1 aliphatic rings. The molecule has 0 aliphatic heterocycles. The van der Waals surface area contributed by atoms with E-state index in [0.29, 0.717) is 45.1 Å². The number of ketones is 1. The van der Waals surface area contributed by atoms with Gasteiger partial charge in [0.2, 0.25) is 17.7 Å². The van der Waals surface area contributed by atoms with Gasteiger partial charge in [0.15, 0.2) is 5.78 Å². The number of Topliss-reactive ketones (excluding diaryl/α,β-unsaturated/α-hetero) is 1. The lowest BCUT2D eigenvalue weighted by atomic mass is 9.82. The predicted octanol–water partition coefficient (Wildman–Crippen LogP) is -0.193. The lowest BCUT2D eigenvalue weighted by molar-refractivity contribution is -0.148. The molecule has 3 amide bonds. The number of carbonyl (C=O) groups is 5. The number of carboxylic acid groups (broad SMARTS) is 1. The second kappa shape index (κ2) is 13.4. The maximum Gasteiger partial charge on any atom is 0.324 e. The van der Waals surface area contributed by atoms with Crippen LogP contribution in [0.3, 0.4) is 0 Å². The summed E-state index contributed by atoms with van der Waals surface area (Å²) in [4.78, 5) is 62.0. The number of aliphatic carboxylic acids is 1. The standard InChI is InChI=1S/C23H41N5O6/c1-13(2)12-18(27-15(4)29)21(32)28-17(9-5-6-11-24)20(31)26-14(3)19(30)16-8-7-10-23(16,25)22(33)34/h13-14,16-18H,5-12,24-25H2,1-4H3,(H,26,31)(H,27,29)(H,28,32)(H,33,34)/t14-,16?,17-,18-,23?/m0/s1. The molecule has 11 nitrogen and oxygen atoms in total. The summed E-state index contributed by atoms with van der Waals surface area (Å²) < 4.78 is 0. The molecule has 194 valence electrons. The second-order valence-corrected chi connectivity index (χ2v) is 9.65. The van der Waals surface area contributed by atoms with Crippen molar-refractivity contribution in [3.8, 4) is 0 Å². The zero-order chi connectivity index (χ0) is 26.1. The fourth-order valence-electron chi connectivity index (χ4n) is 4.35. The van der Waals surface area contributed by atoms with Gasteiger partial charge in [0, 0.05) is 12.8 Å². The van der Waals surface area contributed by atoms with E-state index in [1.165, 1.54) is 13.8 Å². The van der Waals surface area contributed by atoms with E-state index in [9.17, 15) is 29.1 Å². The Labute approximate surface area is 201 Å². The number of carboxylic acids is 1. The minimum Gasteiger partial charge on any atom is -0.480 e. The number of carbonyl (C=O) groups excluding carboxylic acids is 4. The molecule has 5 atom stereocenters. The molecule has 0 radical (unpaired) electrons. The third-order valence-corrected chi connectivity index (χ3v) is 6.21. The zero-order valence-electron chi connectivity index (χ0n) is 20.7. The third kappa shape index (κ3) is 8.35. The van der Waals surface area contributed by atoms with Crippen LogP contribution in [-0.2, 0) is 24.0 Å². The Hall–Kier alpha value is -2.53. The Kier molecular flexibility index (Phi) is 11.6. The number of amides is 3. The average Bonchev–Trinajstić information content (AvgIpc) is 3.14. The summed E-state index contributed by atoms with van der Waals surface area (Å²) in [5.41, 5.74) is 9.90. The van der Waals surface area contributed by atoms with Crippen LogP contribution in [0, 0.1) is 11.8 Å². The van der Waals surface area contributed by atoms with Crippen LogP contribution < -0.4 is 27.4 Å². The smallest absolute Gasteiger partial charge is 0.324 e. The Balaban J connectivity index is 2.93. The van der Waals surface area contributed by atoms with E-state index < -0.39 is 53.1 Å². The summed E-state index contributed by atoms with van der Waals surface area (Å²) >= 11 is 0. The van der Waals surface area contributed by atoms with Gasteiger partial charge in [-0.1, -0.05) is 20.3 Å². The summed E-state index contributed by atoms with van der Waals surface area (Å²) in [6.07, 6.45) is 2.95. The molecule has 2 unspecified atom stereocenters. The minimum absolute atomic E-state index is 0.127. The number of hydrogen-bond acceptors (Lipinski definition) is 7. The molecule has 11 heteroatoms. The highest BCUT2D eigenvalue weighted by Gasteiger charge is 2.50. The van der Waals surface area contributed by atoms with Crippen molar-refractivity contribution in [2.75, 3.05) is 6.54 Å². The van der Waals surface area contributed by atoms with Gasteiger partial charge in [-0.3, -0.25) is 24.0 Å². The van der Waals surface area contributed by atoms with E-state index >= 15 is 0 Å². The Bertz CT molecular complexity index is 758. The average molecular weight is 484 g/mol. The molecule has 0 aromatic rings. The van der Waals surface area contributed by atoms with Crippen LogP contribution in [-0.4, -0.2) is 64.8 Å². The van der Waals surface area contributed by atoms with Crippen LogP contribution in [0.4, 0.5) is 0 Å². The number of rotatable bonds is 14. The van der Waals surface area contributed by atoms with Crippen LogP contribution in [0.25, 0.3) is 0 Å². The second-order valence-electron chi connectivity index (χ2n) is 9.65. The summed E-state index contributed by atoms with van der Waals surface area (Å²) in [5.74, 6) is -3.86. The van der Waals surface area contributed by atoms with Gasteiger partial charge >= 0.3 is 5.97 Å². The van der Waals surface area contributed by atoms with Crippen LogP contribution in [0.2, 0.25) is 0 Å². The first-order valence-corrected chi connectivity index (χ1v) is 12.0. The number of nitrogens with one attached hydrogen (secondary N) is 3. The lowest BCUT2D eigenvalue weighted by Gasteiger charge is -2.29. The summed E-state index contributed by atoms with van der Waals surface area (Å²) in [6.45, 7) is 7.06. The van der Waals surface area contributed by atoms with Crippen molar-refractivity contribution in [1.82, 2.24) is 16.0 Å². The molecule has 0 saturated heterocycles. The quantitative estimate of drug-likeness (QED) is 0.183. The zero-order valence-corrected chi connectivity index (χ0v) is 20.7. The molecular formula is C23H41N5O6. The highest BCUT2D eigenvalue weighted by Crippen LogP contribution is 2.35. The molecule has 1 rings (SSSR count). The third-order valence-electron chi connectivity index (χ3n) is 6.21. The van der Waals surface area contributed by atoms with Gasteiger partial charge in [0.25, 0.3) is 0 Å². The molecule has 34 heavy (non-hydrogen) atoms. The molecule has 1 saturated carbocycles. The maximum atomic E-state index is 13.0. The molecule has 0 aromatic carbocycles. The van der Waals surface area contributed by atoms with Crippen molar-refractivity contribution < 1.29 is 29.1 Å². The lowest BCUT2D eigenvalue weighted by Crippen LogP contribution is -2.58. The highest BCUT2D eigenvalue weighted by atomic mass is 16.4. The Morgan fingerprint density at radius 3 is 2.15 bits per heavy atom. The van der Waals surface area contributed by atoms with E-state index in [-0.39, 0.29) is 18.2 Å². The van der Waals surface area contributed by atoms with E-state index in [0.717, 1.165) is 0 Å². The van der Waals surface area contributed by atoms with Crippen LogP contribution in [0.5, 0.6) is 0 Å². The van der Waals surface area contributed by atoms with Crippen molar-refractivity contribution in [1.29, 1.82) is 0 Å². The highest BCUT2D eigenvalue weighted by molar-refractivity contribution is 5.97. The van der Waals surface area contributed by atoms with Crippen molar-refractivity contribution >= 4 is 29.5 Å². The predicted molar refractivity (Wildman–Crippen MR) is 126 cm³/mol. The van der Waals surface area contributed by atoms with Gasteiger partial charge in [-0.15, -0.1) is 0 Å². The SMILES string of the molecule is CC(=O)N[C@@H](CC(C)C)C(=O)N[C@@H](CCCCN)C(=O)N[C@@H](C)C(=O)C1CCCC1(N)C(=O)O. The van der Waals surface area contributed by atoms with E-state index in [1.807, 2.05) is 13.8 Å². The van der Waals surface area contributed by atoms with Crippen molar-refractivity contribution in [2.24, 2.45) is 23.3 Å². The molecular weight excluding hydrogens is 442 g/mol. The van der Waals surface area contributed by atoms with Crippen molar-refractivity contribution in [3.05, 3.63) is 0 Å². The minimum atomic E-state index is -1.65. The fourth-order valence-corrected chi connectivity index (χ4v) is 4.35. The molecule has 0 spiro atoms. The fraction of sp³-hybridized carbons (Fsp3) is 0.783. The maximum absolute atomic E-state index is 13.0. The molecule has 8 N–H and O–H groups in total. The molecule has 0 aromatic heterocycles.